The van der Waals surface area contributed by atoms with Crippen LogP contribution in [-0.4, -0.2) is 34.2 Å². The second-order valence-electron chi connectivity index (χ2n) is 3.63. The van der Waals surface area contributed by atoms with Gasteiger partial charge >= 0.3 is 11.9 Å². The van der Waals surface area contributed by atoms with E-state index in [1.54, 1.807) is 0 Å². The first-order chi connectivity index (χ1) is 9.06. The molecule has 0 radical (unpaired) electrons. The summed E-state index contributed by atoms with van der Waals surface area (Å²) in [6.07, 6.45) is 1.82. The van der Waals surface area contributed by atoms with E-state index in [-0.39, 0.29) is 0 Å². The van der Waals surface area contributed by atoms with Crippen molar-refractivity contribution in [2.24, 2.45) is 0 Å². The van der Waals surface area contributed by atoms with E-state index in [0.29, 0.717) is 0 Å². The minimum absolute atomic E-state index is 0.892. The lowest BCUT2D eigenvalue weighted by molar-refractivity contribution is -0.159. The number of carboxylic acid groups (broad SMARTS) is 2. The van der Waals surface area contributed by atoms with Crippen molar-refractivity contribution in [3.05, 3.63) is 42.1 Å². The van der Waals surface area contributed by atoms with Gasteiger partial charge in [0, 0.05) is 18.1 Å². The van der Waals surface area contributed by atoms with Crippen molar-refractivity contribution in [1.29, 1.82) is 0 Å². The molecule has 1 heterocycles. The van der Waals surface area contributed by atoms with Crippen LogP contribution in [0.4, 0.5) is 0 Å². The fourth-order valence-electron chi connectivity index (χ4n) is 1.51. The maximum absolute atomic E-state index is 9.10. The zero-order chi connectivity index (χ0) is 14.3. The van der Waals surface area contributed by atoms with E-state index in [1.165, 1.54) is 10.9 Å². The Balaban J connectivity index is 0.000000258. The molecule has 0 unspecified atom stereocenters. The van der Waals surface area contributed by atoms with E-state index >= 15 is 0 Å². The predicted molar refractivity (Wildman–Crippen MR) is 69.8 cm³/mol. The van der Waals surface area contributed by atoms with E-state index in [2.05, 4.69) is 22.4 Å². The molecule has 0 bridgehead atoms. The fraction of sp³-hybridized carbons (Fsp3) is 0.154. The van der Waals surface area contributed by atoms with Crippen molar-refractivity contribution in [2.75, 3.05) is 7.05 Å². The van der Waals surface area contributed by atoms with Crippen LogP contribution in [0.1, 0.15) is 5.56 Å². The number of aliphatic carboxylic acids is 2. The summed E-state index contributed by atoms with van der Waals surface area (Å²) in [5.74, 6) is -3.65. The first kappa shape index (κ1) is 14.6. The number of carbonyl (C=O) groups is 2. The third-order valence-electron chi connectivity index (χ3n) is 2.29. The molecule has 0 saturated heterocycles. The zero-order valence-corrected chi connectivity index (χ0v) is 10.3. The summed E-state index contributed by atoms with van der Waals surface area (Å²) in [6.45, 7) is 0.892. The smallest absolute Gasteiger partial charge is 0.414 e. The molecule has 0 aliphatic heterocycles. The molecule has 6 heteroatoms. The molecular weight excluding hydrogens is 248 g/mol. The van der Waals surface area contributed by atoms with Crippen molar-refractivity contribution in [1.82, 2.24) is 10.3 Å². The number of fused-ring (bicyclic) bond motifs is 1. The van der Waals surface area contributed by atoms with Crippen molar-refractivity contribution in [2.45, 2.75) is 6.54 Å². The van der Waals surface area contributed by atoms with Crippen molar-refractivity contribution in [3.63, 3.8) is 0 Å². The number of pyridine rings is 1. The molecule has 0 saturated carbocycles. The highest BCUT2D eigenvalue weighted by Crippen LogP contribution is 2.15. The van der Waals surface area contributed by atoms with Crippen LogP contribution in [0.2, 0.25) is 0 Å². The van der Waals surface area contributed by atoms with Crippen molar-refractivity contribution >= 4 is 22.8 Å². The lowest BCUT2D eigenvalue weighted by Gasteiger charge is -2.03. The molecular formula is C13H14N2O4. The monoisotopic (exact) mass is 262 g/mol. The maximum Gasteiger partial charge on any atom is 0.414 e. The molecule has 6 nitrogen and oxygen atoms in total. The Hall–Kier alpha value is -2.47. The third kappa shape index (κ3) is 4.36. The van der Waals surface area contributed by atoms with Crippen LogP contribution >= 0.6 is 0 Å². The molecule has 0 fully saturated rings. The Kier molecular flexibility index (Phi) is 5.43. The van der Waals surface area contributed by atoms with Gasteiger partial charge in [0.15, 0.2) is 0 Å². The summed E-state index contributed by atoms with van der Waals surface area (Å²) < 4.78 is 0. The topological polar surface area (TPSA) is 99.5 Å². The average Bonchev–Trinajstić information content (AvgIpc) is 2.40. The Morgan fingerprint density at radius 3 is 2.42 bits per heavy atom. The molecule has 2 rings (SSSR count). The number of aromatic nitrogens is 1. The van der Waals surface area contributed by atoms with Gasteiger partial charge in [-0.3, -0.25) is 4.98 Å². The summed E-state index contributed by atoms with van der Waals surface area (Å²) in [7, 11) is 1.95. The number of carboxylic acids is 2. The van der Waals surface area contributed by atoms with E-state index in [1.807, 2.05) is 31.4 Å². The minimum atomic E-state index is -1.82. The van der Waals surface area contributed by atoms with Crippen LogP contribution in [0.3, 0.4) is 0 Å². The van der Waals surface area contributed by atoms with Crippen LogP contribution in [0, 0.1) is 0 Å². The highest BCUT2D eigenvalue weighted by molar-refractivity contribution is 6.27. The molecule has 0 atom stereocenters. The second-order valence-corrected chi connectivity index (χ2v) is 3.63. The normalized spacial score (nSPS) is 9.53. The molecule has 3 N–H and O–H groups in total. The fourth-order valence-corrected chi connectivity index (χ4v) is 1.51. The van der Waals surface area contributed by atoms with Gasteiger partial charge in [-0.15, -0.1) is 0 Å². The van der Waals surface area contributed by atoms with Crippen LogP contribution in [0.25, 0.3) is 10.9 Å². The first-order valence-electron chi connectivity index (χ1n) is 5.49. The molecule has 2 aromatic rings. The average molecular weight is 262 g/mol. The quantitative estimate of drug-likeness (QED) is 0.701. The molecule has 1 aromatic heterocycles. The number of nitrogens with zero attached hydrogens (tertiary/aromatic N) is 1. The lowest BCUT2D eigenvalue weighted by atomic mass is 10.1. The summed E-state index contributed by atoms with van der Waals surface area (Å²) in [5.41, 5.74) is 2.36. The number of nitrogens with one attached hydrogen (secondary N) is 1. The van der Waals surface area contributed by atoms with E-state index < -0.39 is 11.9 Å². The van der Waals surface area contributed by atoms with Crippen LogP contribution in [-0.2, 0) is 16.1 Å². The molecule has 100 valence electrons. The van der Waals surface area contributed by atoms with Crippen LogP contribution in [0.15, 0.2) is 36.5 Å². The van der Waals surface area contributed by atoms with Gasteiger partial charge < -0.3 is 15.5 Å². The second kappa shape index (κ2) is 7.07. The van der Waals surface area contributed by atoms with Gasteiger partial charge in [-0.2, -0.15) is 0 Å². The summed E-state index contributed by atoms with van der Waals surface area (Å²) >= 11 is 0. The molecule has 0 amide bonds. The standard InChI is InChI=1S/C11H12N2.C2H2O4/c1-12-8-9-4-2-6-11-10(9)5-3-7-13-11;3-1(4)2(5)6/h2-7,12H,8H2,1H3;(H,3,4)(H,5,6). The highest BCUT2D eigenvalue weighted by atomic mass is 16.4. The highest BCUT2D eigenvalue weighted by Gasteiger charge is 2.04. The Labute approximate surface area is 109 Å². The van der Waals surface area contributed by atoms with Gasteiger partial charge in [-0.1, -0.05) is 18.2 Å². The zero-order valence-electron chi connectivity index (χ0n) is 10.3. The van der Waals surface area contributed by atoms with Gasteiger partial charge in [-0.05, 0) is 24.7 Å². The van der Waals surface area contributed by atoms with E-state index in [4.69, 9.17) is 19.8 Å². The van der Waals surface area contributed by atoms with Crippen LogP contribution < -0.4 is 5.32 Å². The predicted octanol–water partition coefficient (Wildman–Crippen LogP) is 1.11. The maximum atomic E-state index is 9.10. The summed E-state index contributed by atoms with van der Waals surface area (Å²) in [6, 6.07) is 10.3. The number of rotatable bonds is 2. The Morgan fingerprint density at radius 1 is 1.16 bits per heavy atom. The summed E-state index contributed by atoms with van der Waals surface area (Å²) in [5, 5.41) is 19.2. The number of hydrogen-bond donors (Lipinski definition) is 3. The van der Waals surface area contributed by atoms with Gasteiger partial charge in [0.1, 0.15) is 0 Å². The van der Waals surface area contributed by atoms with Crippen molar-refractivity contribution in [3.8, 4) is 0 Å². The molecule has 0 aliphatic rings. The van der Waals surface area contributed by atoms with Gasteiger partial charge in [-0.25, -0.2) is 9.59 Å². The van der Waals surface area contributed by atoms with Gasteiger partial charge in [0.2, 0.25) is 0 Å². The summed E-state index contributed by atoms with van der Waals surface area (Å²) in [4.78, 5) is 22.5. The van der Waals surface area contributed by atoms with Crippen LogP contribution in [0.5, 0.6) is 0 Å². The van der Waals surface area contributed by atoms with Gasteiger partial charge in [0.25, 0.3) is 0 Å². The van der Waals surface area contributed by atoms with Gasteiger partial charge in [0.05, 0.1) is 5.52 Å². The number of hydrogen-bond acceptors (Lipinski definition) is 4. The molecule has 1 aromatic carbocycles. The molecule has 0 aliphatic carbocycles. The van der Waals surface area contributed by atoms with Crippen molar-refractivity contribution < 1.29 is 19.8 Å². The largest absolute Gasteiger partial charge is 0.473 e. The third-order valence-corrected chi connectivity index (χ3v) is 2.29. The molecule has 0 spiro atoms. The van der Waals surface area contributed by atoms with E-state index in [0.717, 1.165) is 12.1 Å². The first-order valence-corrected chi connectivity index (χ1v) is 5.49. The SMILES string of the molecule is CNCc1cccc2ncccc12.O=C(O)C(=O)O. The van der Waals surface area contributed by atoms with E-state index in [9.17, 15) is 0 Å². The Bertz CT molecular complexity index is 566. The lowest BCUT2D eigenvalue weighted by Crippen LogP contribution is -2.09. The number of benzene rings is 1. The Morgan fingerprint density at radius 2 is 1.84 bits per heavy atom. The molecule has 19 heavy (non-hydrogen) atoms. The minimum Gasteiger partial charge on any atom is -0.473 e.